The number of hydrogen-bond acceptors (Lipinski definition) is 6. The van der Waals surface area contributed by atoms with E-state index in [2.05, 4.69) is 66.9 Å². The molecule has 0 aromatic rings. The molecule has 0 bridgehead atoms. The van der Waals surface area contributed by atoms with Crippen LogP contribution >= 0.6 is 0 Å². The molecule has 206 valence electrons. The minimum Gasteiger partial charge on any atom is -0.550 e. The molecule has 0 aromatic heterocycles. The van der Waals surface area contributed by atoms with Gasteiger partial charge in [0.05, 0.1) is 13.0 Å². The molecule has 0 radical (unpaired) electrons. The van der Waals surface area contributed by atoms with Crippen LogP contribution in [0.25, 0.3) is 0 Å². The number of ether oxygens (including phenoxy) is 1. The number of carboxylic acid groups (broad SMARTS) is 1. The Hall–Kier alpha value is -3.19. The minimum absolute atomic E-state index is 0.0920. The van der Waals surface area contributed by atoms with Crippen molar-refractivity contribution in [2.75, 3.05) is 13.2 Å². The van der Waals surface area contributed by atoms with Gasteiger partial charge in [-0.25, -0.2) is 0 Å². The van der Waals surface area contributed by atoms with Crippen molar-refractivity contribution in [3.8, 4) is 0 Å². The molecule has 0 spiro atoms. The number of carboxylic acids is 1. The van der Waals surface area contributed by atoms with E-state index in [9.17, 15) is 24.6 Å². The van der Waals surface area contributed by atoms with Crippen LogP contribution in [0.4, 0.5) is 0 Å². The van der Waals surface area contributed by atoms with Gasteiger partial charge in [-0.05, 0) is 38.5 Å². The summed E-state index contributed by atoms with van der Waals surface area (Å²) in [6.07, 6.45) is 28.8. The molecule has 0 heterocycles. The Balaban J connectivity index is 3.99. The molecule has 1 atom stereocenters. The lowest BCUT2D eigenvalue weighted by Crippen LogP contribution is -2.47. The fourth-order valence-corrected chi connectivity index (χ4v) is 2.84. The smallest absolute Gasteiger partial charge is 0.309 e. The van der Waals surface area contributed by atoms with Crippen LogP contribution in [-0.4, -0.2) is 42.2 Å². The molecular weight excluding hydrogens is 470 g/mol. The molecule has 0 saturated carbocycles. The van der Waals surface area contributed by atoms with E-state index in [1.165, 1.54) is 0 Å². The van der Waals surface area contributed by atoms with E-state index < -0.39 is 29.4 Å². The number of esters is 1. The average molecular weight is 515 g/mol. The number of hydrogen-bond donors (Lipinski definition) is 2. The Labute approximate surface area is 222 Å². The summed E-state index contributed by atoms with van der Waals surface area (Å²) in [6, 6.07) is 0. The highest BCUT2D eigenvalue weighted by Crippen LogP contribution is 2.21. The molecule has 7 nitrogen and oxygen atoms in total. The van der Waals surface area contributed by atoms with Gasteiger partial charge >= 0.3 is 5.97 Å². The lowest BCUT2D eigenvalue weighted by Gasteiger charge is -2.29. The molecule has 0 rings (SSSR count). The Morgan fingerprint density at radius 2 is 1.24 bits per heavy atom. The van der Waals surface area contributed by atoms with Crippen molar-refractivity contribution in [3.63, 3.8) is 0 Å². The third kappa shape index (κ3) is 20.7. The highest BCUT2D eigenvalue weighted by molar-refractivity contribution is 5.81. The maximum Gasteiger partial charge on any atom is 0.309 e. The quantitative estimate of drug-likeness (QED) is 0.185. The lowest BCUT2D eigenvalue weighted by molar-refractivity contribution is -0.305. The minimum atomic E-state index is -1.45. The maximum absolute atomic E-state index is 11.9. The van der Waals surface area contributed by atoms with Gasteiger partial charge in [-0.3, -0.25) is 9.59 Å². The Morgan fingerprint density at radius 3 is 1.68 bits per heavy atom. The SMILES string of the molecule is CC/C=C\C/C=C\C/C=C\C/C=C\C/C=C\C/C=C\CC(=O)OCC(C)(C)[C@@H](O)C(=O)NCCC(=O)[O-]. The van der Waals surface area contributed by atoms with Crippen LogP contribution in [0.1, 0.15) is 72.1 Å². The van der Waals surface area contributed by atoms with Crippen LogP contribution in [0, 0.1) is 5.41 Å². The molecule has 0 aliphatic rings. The second-order valence-corrected chi connectivity index (χ2v) is 9.08. The molecule has 0 aliphatic heterocycles. The summed E-state index contributed by atoms with van der Waals surface area (Å²) in [6.45, 7) is 5.01. The highest BCUT2D eigenvalue weighted by atomic mass is 16.5. The van der Waals surface area contributed by atoms with Gasteiger partial charge in [0.25, 0.3) is 0 Å². The molecule has 0 aromatic carbocycles. The topological polar surface area (TPSA) is 116 Å². The summed E-state index contributed by atoms with van der Waals surface area (Å²) in [5.74, 6) is -2.48. The van der Waals surface area contributed by atoms with Crippen molar-refractivity contribution < 1.29 is 29.3 Å². The van der Waals surface area contributed by atoms with Crippen molar-refractivity contribution in [2.45, 2.75) is 78.2 Å². The van der Waals surface area contributed by atoms with Crippen molar-refractivity contribution in [1.29, 1.82) is 0 Å². The van der Waals surface area contributed by atoms with Crippen LogP contribution in [0.3, 0.4) is 0 Å². The first-order valence-corrected chi connectivity index (χ1v) is 12.9. The monoisotopic (exact) mass is 514 g/mol. The van der Waals surface area contributed by atoms with Gasteiger partial charge in [0.1, 0.15) is 6.10 Å². The summed E-state index contributed by atoms with van der Waals surface area (Å²) in [5, 5.41) is 22.9. The number of amides is 1. The van der Waals surface area contributed by atoms with E-state index in [0.717, 1.165) is 32.1 Å². The van der Waals surface area contributed by atoms with Crippen molar-refractivity contribution in [2.24, 2.45) is 5.41 Å². The number of nitrogens with one attached hydrogen (secondary N) is 1. The fourth-order valence-electron chi connectivity index (χ4n) is 2.84. The summed E-state index contributed by atoms with van der Waals surface area (Å²) in [5.41, 5.74) is -1.03. The zero-order valence-corrected chi connectivity index (χ0v) is 22.6. The normalized spacial score (nSPS) is 13.6. The van der Waals surface area contributed by atoms with Crippen LogP contribution in [-0.2, 0) is 19.1 Å². The highest BCUT2D eigenvalue weighted by Gasteiger charge is 2.34. The van der Waals surface area contributed by atoms with Crippen molar-refractivity contribution in [1.82, 2.24) is 5.32 Å². The largest absolute Gasteiger partial charge is 0.550 e. The second-order valence-electron chi connectivity index (χ2n) is 9.08. The van der Waals surface area contributed by atoms with Gasteiger partial charge in [0.2, 0.25) is 5.91 Å². The van der Waals surface area contributed by atoms with E-state index in [4.69, 9.17) is 4.74 Å². The summed E-state index contributed by atoms with van der Waals surface area (Å²) in [7, 11) is 0. The first-order valence-electron chi connectivity index (χ1n) is 12.9. The number of aliphatic carboxylic acids is 1. The van der Waals surface area contributed by atoms with Gasteiger partial charge in [-0.1, -0.05) is 93.7 Å². The first-order chi connectivity index (χ1) is 17.7. The Kier molecular flexibility index (Phi) is 20.1. The van der Waals surface area contributed by atoms with Gasteiger partial charge < -0.3 is 25.1 Å². The van der Waals surface area contributed by atoms with E-state index in [1.807, 2.05) is 12.2 Å². The van der Waals surface area contributed by atoms with Gasteiger partial charge in [-0.2, -0.15) is 0 Å². The molecule has 0 fully saturated rings. The van der Waals surface area contributed by atoms with E-state index >= 15 is 0 Å². The molecule has 0 unspecified atom stereocenters. The molecule has 37 heavy (non-hydrogen) atoms. The van der Waals surface area contributed by atoms with Crippen LogP contribution < -0.4 is 10.4 Å². The number of aliphatic hydroxyl groups is 1. The number of carbonyl (C=O) groups is 3. The van der Waals surface area contributed by atoms with Crippen LogP contribution in [0.2, 0.25) is 0 Å². The predicted octanol–water partition coefficient (Wildman–Crippen LogP) is 4.26. The van der Waals surface area contributed by atoms with Gasteiger partial charge in [-0.15, -0.1) is 0 Å². The summed E-state index contributed by atoms with van der Waals surface area (Å²) in [4.78, 5) is 34.3. The molecule has 7 heteroatoms. The Morgan fingerprint density at radius 1 is 0.811 bits per heavy atom. The predicted molar refractivity (Wildman–Crippen MR) is 146 cm³/mol. The molecule has 1 amide bonds. The van der Waals surface area contributed by atoms with Crippen LogP contribution in [0.5, 0.6) is 0 Å². The number of carbonyl (C=O) groups excluding carboxylic acids is 3. The molecule has 2 N–H and O–H groups in total. The zero-order chi connectivity index (χ0) is 27.8. The lowest BCUT2D eigenvalue weighted by atomic mass is 9.87. The summed E-state index contributed by atoms with van der Waals surface area (Å²) < 4.78 is 5.18. The van der Waals surface area contributed by atoms with Crippen molar-refractivity contribution >= 4 is 17.8 Å². The maximum atomic E-state index is 11.9. The number of aliphatic hydroxyl groups excluding tert-OH is 1. The van der Waals surface area contributed by atoms with Gasteiger partial charge in [0.15, 0.2) is 0 Å². The van der Waals surface area contributed by atoms with E-state index in [1.54, 1.807) is 19.9 Å². The third-order valence-corrected chi connectivity index (χ3v) is 5.10. The average Bonchev–Trinajstić information content (AvgIpc) is 2.86. The standard InChI is InChI=1S/C30H45NO6/c1-4-5-6-7-8-9-10-11-12-13-14-15-16-17-18-19-20-21-22-27(34)37-25-30(2,3)28(35)29(36)31-24-23-26(32)33/h5-6,8-9,11-12,14-15,17-18,20-21,28,35H,4,7,10,13,16,19,22-25H2,1-3H3,(H,31,36)(H,32,33)/p-1/b6-5-,9-8-,12-11-,15-14-,18-17-,21-20-/t28-/m0/s1. The second kappa shape index (κ2) is 22.0. The third-order valence-electron chi connectivity index (χ3n) is 5.10. The molecule has 0 aliphatic carbocycles. The van der Waals surface area contributed by atoms with Crippen molar-refractivity contribution in [3.05, 3.63) is 72.9 Å². The van der Waals surface area contributed by atoms with Crippen LogP contribution in [0.15, 0.2) is 72.9 Å². The number of allylic oxidation sites excluding steroid dienone is 11. The van der Waals surface area contributed by atoms with E-state index in [0.29, 0.717) is 6.42 Å². The fraction of sp³-hybridized carbons (Fsp3) is 0.500. The summed E-state index contributed by atoms with van der Waals surface area (Å²) >= 11 is 0. The van der Waals surface area contributed by atoms with E-state index in [-0.39, 0.29) is 26.0 Å². The first kappa shape index (κ1) is 33.8. The Bertz CT molecular complexity index is 833. The number of rotatable bonds is 20. The molecular formula is C30H44NO6-. The van der Waals surface area contributed by atoms with Gasteiger partial charge in [0, 0.05) is 24.3 Å². The zero-order valence-electron chi connectivity index (χ0n) is 22.6. The molecule has 0 saturated heterocycles.